The van der Waals surface area contributed by atoms with Crippen molar-refractivity contribution in [2.75, 3.05) is 0 Å². The molecule has 2 rings (SSSR count). The fourth-order valence-electron chi connectivity index (χ4n) is 1.30. The van der Waals surface area contributed by atoms with Gasteiger partial charge in [0, 0.05) is 48.6 Å². The van der Waals surface area contributed by atoms with E-state index in [1.165, 1.54) is 0 Å². The molecule has 2 aromatic rings. The second-order valence-electron chi connectivity index (χ2n) is 3.74. The Labute approximate surface area is 132 Å². The molecular weight excluding hydrogens is 324 g/mol. The Bertz CT molecular complexity index is 498. The number of pyridine rings is 2. The average Bonchev–Trinajstić information content (AvgIpc) is 2.40. The quantitative estimate of drug-likeness (QED) is 0.646. The molecule has 0 amide bonds. The number of carboxylic acid groups (broad SMARTS) is 2. The molecule has 21 heavy (non-hydrogen) atoms. The van der Waals surface area contributed by atoms with Gasteiger partial charge in [-0.1, -0.05) is 12.1 Å². The smallest absolute Gasteiger partial charge is 0.550 e. The summed E-state index contributed by atoms with van der Waals surface area (Å²) in [4.78, 5) is 27.6. The zero-order chi connectivity index (χ0) is 14.8. The van der Waals surface area contributed by atoms with Crippen LogP contribution in [0.4, 0.5) is 0 Å². The fourth-order valence-corrected chi connectivity index (χ4v) is 1.30. The van der Waals surface area contributed by atoms with Gasteiger partial charge in [0.25, 0.3) is 0 Å². The van der Waals surface area contributed by atoms with Crippen LogP contribution in [0.2, 0.25) is 0 Å². The summed E-state index contributed by atoms with van der Waals surface area (Å²) < 4.78 is 0. The van der Waals surface area contributed by atoms with Crippen LogP contribution >= 0.6 is 0 Å². The van der Waals surface area contributed by atoms with Crippen molar-refractivity contribution in [1.29, 1.82) is 0 Å². The van der Waals surface area contributed by atoms with Crippen LogP contribution in [-0.2, 0) is 39.5 Å². The van der Waals surface area contributed by atoms with E-state index >= 15 is 0 Å². The maximum Gasteiger partial charge on any atom is 2.00 e. The minimum atomic E-state index is -1.10. The van der Waals surface area contributed by atoms with Gasteiger partial charge in [-0.2, -0.15) is 0 Å². The molecule has 0 atom stereocenters. The molecule has 0 aliphatic carbocycles. The first-order valence-corrected chi connectivity index (χ1v) is 5.77. The van der Waals surface area contributed by atoms with Crippen LogP contribution in [0.3, 0.4) is 0 Å². The first kappa shape index (κ1) is 18.8. The standard InChI is InChI=1S/2C7H7NO2.Cu/c2*9-7(10)5-6-3-1-2-4-8-6;/h2*1-4H,5H2,(H,9,10);/q;;+2/p-2. The van der Waals surface area contributed by atoms with E-state index < -0.39 is 11.9 Å². The van der Waals surface area contributed by atoms with Gasteiger partial charge in [0.05, 0.1) is 0 Å². The molecule has 0 saturated carbocycles. The minimum absolute atomic E-state index is 0. The molecule has 0 aliphatic heterocycles. The molecule has 2 heterocycles. The second-order valence-corrected chi connectivity index (χ2v) is 3.74. The van der Waals surface area contributed by atoms with Crippen molar-refractivity contribution in [2.24, 2.45) is 0 Å². The monoisotopic (exact) mass is 335 g/mol. The largest absolute Gasteiger partial charge is 2.00 e. The third-order valence-electron chi connectivity index (χ3n) is 2.10. The van der Waals surface area contributed by atoms with Gasteiger partial charge in [0.15, 0.2) is 0 Å². The summed E-state index contributed by atoms with van der Waals surface area (Å²) in [7, 11) is 0. The van der Waals surface area contributed by atoms with Crippen molar-refractivity contribution in [1.82, 2.24) is 9.97 Å². The Hall–Kier alpha value is -2.24. The van der Waals surface area contributed by atoms with Crippen molar-refractivity contribution < 1.29 is 36.9 Å². The Morgan fingerprint density at radius 2 is 1.19 bits per heavy atom. The Morgan fingerprint density at radius 1 is 0.810 bits per heavy atom. The third kappa shape index (κ3) is 9.32. The Kier molecular flexibility index (Phi) is 9.41. The molecule has 0 fully saturated rings. The summed E-state index contributed by atoms with van der Waals surface area (Å²) in [5.41, 5.74) is 1.06. The molecule has 0 aliphatic rings. The van der Waals surface area contributed by atoms with Crippen molar-refractivity contribution in [3.63, 3.8) is 0 Å². The molecule has 0 unspecified atom stereocenters. The summed E-state index contributed by atoms with van der Waals surface area (Å²) in [6.07, 6.45) is 2.89. The van der Waals surface area contributed by atoms with E-state index in [2.05, 4.69) is 9.97 Å². The molecule has 0 aromatic carbocycles. The normalized spacial score (nSPS) is 8.76. The molecule has 0 spiro atoms. The number of hydrogen-bond donors (Lipinski definition) is 0. The predicted molar refractivity (Wildman–Crippen MR) is 65.9 cm³/mol. The number of hydrogen-bond acceptors (Lipinski definition) is 6. The van der Waals surface area contributed by atoms with E-state index in [0.717, 1.165) is 0 Å². The molecule has 113 valence electrons. The van der Waals surface area contributed by atoms with Crippen LogP contribution in [0.1, 0.15) is 11.4 Å². The van der Waals surface area contributed by atoms with E-state index in [1.807, 2.05) is 0 Å². The van der Waals surface area contributed by atoms with Crippen LogP contribution in [0.5, 0.6) is 0 Å². The molecule has 1 radical (unpaired) electrons. The van der Waals surface area contributed by atoms with E-state index in [0.29, 0.717) is 11.4 Å². The van der Waals surface area contributed by atoms with Gasteiger partial charge >= 0.3 is 17.1 Å². The van der Waals surface area contributed by atoms with Crippen molar-refractivity contribution in [3.8, 4) is 0 Å². The first-order chi connectivity index (χ1) is 9.58. The van der Waals surface area contributed by atoms with Gasteiger partial charge in [-0.25, -0.2) is 0 Å². The predicted octanol–water partition coefficient (Wildman–Crippen LogP) is -1.25. The fraction of sp³-hybridized carbons (Fsp3) is 0.143. The van der Waals surface area contributed by atoms with Gasteiger partial charge in [-0.15, -0.1) is 0 Å². The number of carbonyl (C=O) groups is 2. The second kappa shape index (κ2) is 10.5. The molecular formula is C14H12CuN2O4. The van der Waals surface area contributed by atoms with Crippen molar-refractivity contribution in [3.05, 3.63) is 60.2 Å². The molecule has 2 aromatic heterocycles. The number of aromatic nitrogens is 2. The maximum atomic E-state index is 10.0. The van der Waals surface area contributed by atoms with Gasteiger partial charge in [0.1, 0.15) is 0 Å². The van der Waals surface area contributed by atoms with Gasteiger partial charge in [-0.3, -0.25) is 9.97 Å². The van der Waals surface area contributed by atoms with Crippen LogP contribution in [-0.4, -0.2) is 21.9 Å². The van der Waals surface area contributed by atoms with Crippen LogP contribution < -0.4 is 10.2 Å². The third-order valence-corrected chi connectivity index (χ3v) is 2.10. The number of rotatable bonds is 4. The van der Waals surface area contributed by atoms with E-state index in [9.17, 15) is 19.8 Å². The number of carboxylic acids is 2. The SMILES string of the molecule is O=C([O-])Cc1ccccn1.O=C([O-])Cc1ccccn1.[Cu+2]. The van der Waals surface area contributed by atoms with E-state index in [-0.39, 0.29) is 29.9 Å². The number of nitrogens with zero attached hydrogens (tertiary/aromatic N) is 2. The maximum absolute atomic E-state index is 10.0. The topological polar surface area (TPSA) is 106 Å². The number of carbonyl (C=O) groups excluding carboxylic acids is 2. The zero-order valence-corrected chi connectivity index (χ0v) is 11.8. The zero-order valence-electron chi connectivity index (χ0n) is 10.9. The van der Waals surface area contributed by atoms with Gasteiger partial charge in [-0.05, 0) is 24.3 Å². The van der Waals surface area contributed by atoms with E-state index in [4.69, 9.17) is 0 Å². The van der Waals surface area contributed by atoms with Crippen molar-refractivity contribution in [2.45, 2.75) is 12.8 Å². The molecule has 0 bridgehead atoms. The van der Waals surface area contributed by atoms with Gasteiger partial charge < -0.3 is 19.8 Å². The summed E-state index contributed by atoms with van der Waals surface area (Å²) >= 11 is 0. The average molecular weight is 336 g/mol. The van der Waals surface area contributed by atoms with Crippen LogP contribution in [0.25, 0.3) is 0 Å². The summed E-state index contributed by atoms with van der Waals surface area (Å²) in [5.74, 6) is -2.20. The van der Waals surface area contributed by atoms with Crippen molar-refractivity contribution >= 4 is 11.9 Å². The van der Waals surface area contributed by atoms with Crippen LogP contribution in [0.15, 0.2) is 48.8 Å². The molecule has 0 saturated heterocycles. The molecule has 7 heteroatoms. The summed E-state index contributed by atoms with van der Waals surface area (Å²) in [6, 6.07) is 10.2. The molecule has 0 N–H and O–H groups in total. The minimum Gasteiger partial charge on any atom is -0.550 e. The Morgan fingerprint density at radius 3 is 1.43 bits per heavy atom. The first-order valence-electron chi connectivity index (χ1n) is 5.77. The van der Waals surface area contributed by atoms with Gasteiger partial charge in [0.2, 0.25) is 0 Å². The number of aliphatic carboxylic acids is 2. The molecule has 6 nitrogen and oxygen atoms in total. The Balaban J connectivity index is 0.000000364. The summed E-state index contributed by atoms with van der Waals surface area (Å²) in [5, 5.41) is 20.0. The van der Waals surface area contributed by atoms with Crippen LogP contribution in [0, 0.1) is 0 Å². The summed E-state index contributed by atoms with van der Waals surface area (Å²) in [6.45, 7) is 0. The van der Waals surface area contributed by atoms with E-state index in [1.54, 1.807) is 48.8 Å².